The molecule has 8 heteroatoms. The Morgan fingerprint density at radius 1 is 1.33 bits per heavy atom. The molecule has 0 atom stereocenters. The molecule has 0 bridgehead atoms. The Morgan fingerprint density at radius 3 is 2.40 bits per heavy atom. The van der Waals surface area contributed by atoms with Gasteiger partial charge in [-0.15, -0.1) is 0 Å². The van der Waals surface area contributed by atoms with E-state index < -0.39 is 16.1 Å². The van der Waals surface area contributed by atoms with Crippen LogP contribution in [0.5, 0.6) is 0 Å². The Bertz CT molecular complexity index is 438. The lowest BCUT2D eigenvalue weighted by Gasteiger charge is -2.05. The summed E-state index contributed by atoms with van der Waals surface area (Å²) >= 11 is 0. The Hall–Kier alpha value is -2.25. The molecule has 0 aliphatic carbocycles. The lowest BCUT2D eigenvalue weighted by molar-refractivity contribution is -0.773. The summed E-state index contributed by atoms with van der Waals surface area (Å²) in [5.41, 5.74) is 0.177. The molecule has 8 nitrogen and oxygen atoms in total. The third-order valence-corrected chi connectivity index (χ3v) is 1.72. The summed E-state index contributed by atoms with van der Waals surface area (Å²) in [6.07, 6.45) is -0.789. The minimum atomic E-state index is -2.04. The van der Waals surface area contributed by atoms with Gasteiger partial charge in [0.15, 0.2) is 0 Å². The van der Waals surface area contributed by atoms with Crippen LogP contribution in [0.3, 0.4) is 0 Å². The maximum atomic E-state index is 10.5. The molecule has 1 aromatic rings. The summed E-state index contributed by atoms with van der Waals surface area (Å²) in [5.74, 6) is 0. The van der Waals surface area contributed by atoms with Crippen LogP contribution in [0.2, 0.25) is 0 Å². The smallest absolute Gasteiger partial charge is 0.271 e. The highest BCUT2D eigenvalue weighted by Crippen LogP contribution is 2.04. The Morgan fingerprint density at radius 2 is 1.93 bits per heavy atom. The first-order valence-electron chi connectivity index (χ1n) is 3.95. The van der Waals surface area contributed by atoms with Crippen LogP contribution in [0.1, 0.15) is 6.29 Å². The quantitative estimate of drug-likeness (QED) is 0.400. The molecule has 0 saturated carbocycles. The highest BCUT2D eigenvalue weighted by Gasteiger charge is 2.34. The van der Waals surface area contributed by atoms with Gasteiger partial charge in [-0.05, 0) is 12.1 Å². The van der Waals surface area contributed by atoms with Crippen LogP contribution in [0.4, 0.5) is 0 Å². The molecular formula is C7H8N4O4. The summed E-state index contributed by atoms with van der Waals surface area (Å²) in [6.45, 7) is 0. The van der Waals surface area contributed by atoms with E-state index in [0.29, 0.717) is 0 Å². The first-order chi connectivity index (χ1) is 7.07. The molecule has 0 saturated heterocycles. The Labute approximate surface area is 83.8 Å². The average Bonchev–Trinajstić information content (AvgIpc) is 2.17. The van der Waals surface area contributed by atoms with E-state index in [1.54, 1.807) is 6.07 Å². The van der Waals surface area contributed by atoms with Crippen molar-refractivity contribution in [3.8, 4) is 0 Å². The summed E-state index contributed by atoms with van der Waals surface area (Å²) in [5, 5.41) is 21.0. The fraction of sp³-hybridized carbons (Fsp3) is 0.286. The number of nitro groups is 2. The van der Waals surface area contributed by atoms with E-state index in [9.17, 15) is 20.2 Å². The van der Waals surface area contributed by atoms with Crippen molar-refractivity contribution in [3.63, 3.8) is 0 Å². The summed E-state index contributed by atoms with van der Waals surface area (Å²) in [6, 6.07) is 4.52. The molecule has 0 unspecified atom stereocenters. The molecule has 1 heterocycles. The summed E-state index contributed by atoms with van der Waals surface area (Å²) in [7, 11) is 1.41. The maximum Gasteiger partial charge on any atom is 0.540 e. The largest absolute Gasteiger partial charge is 0.540 e. The van der Waals surface area contributed by atoms with Gasteiger partial charge >= 0.3 is 6.29 Å². The van der Waals surface area contributed by atoms with Crippen LogP contribution in [0, 0.1) is 20.2 Å². The molecule has 0 spiro atoms. The van der Waals surface area contributed by atoms with Gasteiger partial charge in [-0.1, -0.05) is 6.07 Å². The zero-order valence-corrected chi connectivity index (χ0v) is 7.81. The average molecular weight is 212 g/mol. The monoisotopic (exact) mass is 212 g/mol. The number of aromatic nitrogens is 1. The summed E-state index contributed by atoms with van der Waals surface area (Å²) in [4.78, 5) is 22.8. The standard InChI is InChI=1S/C7H8N4O4/c1-8-6-4-2-3-5-9(6)7(10(12)13)11(14)15/h2-5,7H,1H3. The molecule has 0 amide bonds. The molecule has 0 fully saturated rings. The van der Waals surface area contributed by atoms with E-state index in [4.69, 9.17) is 0 Å². The van der Waals surface area contributed by atoms with Crippen LogP contribution in [0.15, 0.2) is 29.4 Å². The predicted octanol–water partition coefficient (Wildman–Crippen LogP) is 0.0281. The van der Waals surface area contributed by atoms with E-state index in [0.717, 1.165) is 4.57 Å². The van der Waals surface area contributed by atoms with Gasteiger partial charge in [-0.2, -0.15) is 0 Å². The first-order valence-corrected chi connectivity index (χ1v) is 3.95. The van der Waals surface area contributed by atoms with Crippen molar-refractivity contribution < 1.29 is 9.85 Å². The van der Waals surface area contributed by atoms with E-state index in [2.05, 4.69) is 4.99 Å². The highest BCUT2D eigenvalue weighted by atomic mass is 16.7. The normalized spacial score (nSPS) is 11.7. The van der Waals surface area contributed by atoms with Gasteiger partial charge in [0, 0.05) is 13.2 Å². The van der Waals surface area contributed by atoms with Gasteiger partial charge in [0.1, 0.15) is 15.3 Å². The zero-order valence-electron chi connectivity index (χ0n) is 7.81. The zero-order chi connectivity index (χ0) is 11.4. The molecule has 0 aliphatic heterocycles. The topological polar surface area (TPSA) is 104 Å². The van der Waals surface area contributed by atoms with E-state index >= 15 is 0 Å². The van der Waals surface area contributed by atoms with Crippen molar-refractivity contribution in [2.75, 3.05) is 7.05 Å². The number of hydrogen-bond donors (Lipinski definition) is 0. The van der Waals surface area contributed by atoms with Gasteiger partial charge in [-0.25, -0.2) is 4.57 Å². The fourth-order valence-electron chi connectivity index (χ4n) is 1.11. The second-order valence-electron chi connectivity index (χ2n) is 2.61. The third-order valence-electron chi connectivity index (χ3n) is 1.72. The van der Waals surface area contributed by atoms with Gasteiger partial charge in [0.2, 0.25) is 0 Å². The Balaban J connectivity index is 3.36. The van der Waals surface area contributed by atoms with Gasteiger partial charge < -0.3 is 0 Å². The first kappa shape index (κ1) is 10.8. The lowest BCUT2D eigenvalue weighted by Crippen LogP contribution is -2.34. The van der Waals surface area contributed by atoms with Crippen LogP contribution < -0.4 is 5.49 Å². The molecule has 1 rings (SSSR count). The molecule has 0 aromatic carbocycles. The molecule has 0 N–H and O–H groups in total. The van der Waals surface area contributed by atoms with Crippen molar-refractivity contribution in [3.05, 3.63) is 50.1 Å². The second kappa shape index (κ2) is 4.31. The van der Waals surface area contributed by atoms with E-state index in [1.165, 1.54) is 25.4 Å². The van der Waals surface area contributed by atoms with Crippen LogP contribution in [0.25, 0.3) is 0 Å². The molecule has 1 aromatic heterocycles. The fourth-order valence-corrected chi connectivity index (χ4v) is 1.11. The van der Waals surface area contributed by atoms with E-state index in [-0.39, 0.29) is 5.49 Å². The number of hydrogen-bond acceptors (Lipinski definition) is 5. The van der Waals surface area contributed by atoms with E-state index in [1.807, 2.05) is 0 Å². The van der Waals surface area contributed by atoms with Crippen LogP contribution in [-0.4, -0.2) is 21.5 Å². The summed E-state index contributed by atoms with van der Waals surface area (Å²) < 4.78 is 0.889. The maximum absolute atomic E-state index is 10.5. The minimum Gasteiger partial charge on any atom is -0.271 e. The second-order valence-corrected chi connectivity index (χ2v) is 2.61. The van der Waals surface area contributed by atoms with Crippen molar-refractivity contribution >= 4 is 0 Å². The SMILES string of the molecule is CN=c1ccccn1C([N+](=O)[O-])[N+](=O)[O-]. The lowest BCUT2D eigenvalue weighted by atomic mass is 10.4. The Kier molecular flexibility index (Phi) is 3.11. The van der Waals surface area contributed by atoms with Gasteiger partial charge in [0.25, 0.3) is 0 Å². The third kappa shape index (κ3) is 2.16. The van der Waals surface area contributed by atoms with Crippen LogP contribution in [-0.2, 0) is 0 Å². The molecule has 0 aliphatic rings. The van der Waals surface area contributed by atoms with Crippen molar-refractivity contribution in [1.29, 1.82) is 0 Å². The number of nitrogens with zero attached hydrogens (tertiary/aromatic N) is 4. The van der Waals surface area contributed by atoms with Gasteiger partial charge in [0.05, 0.1) is 0 Å². The highest BCUT2D eigenvalue weighted by molar-refractivity contribution is 4.92. The van der Waals surface area contributed by atoms with Crippen molar-refractivity contribution in [2.24, 2.45) is 4.99 Å². The van der Waals surface area contributed by atoms with Crippen molar-refractivity contribution in [2.45, 2.75) is 6.29 Å². The number of pyridine rings is 1. The minimum absolute atomic E-state index is 0.177. The molecular weight excluding hydrogens is 204 g/mol. The van der Waals surface area contributed by atoms with Crippen LogP contribution >= 0.6 is 0 Å². The van der Waals surface area contributed by atoms with Crippen molar-refractivity contribution in [1.82, 2.24) is 4.57 Å². The van der Waals surface area contributed by atoms with Gasteiger partial charge in [-0.3, -0.25) is 25.2 Å². The molecule has 80 valence electrons. The molecule has 15 heavy (non-hydrogen) atoms. The predicted molar refractivity (Wildman–Crippen MR) is 48.9 cm³/mol. The number of rotatable bonds is 3. The molecule has 0 radical (unpaired) electrons.